The van der Waals surface area contributed by atoms with Gasteiger partial charge in [-0.25, -0.2) is 0 Å². The highest BCUT2D eigenvalue weighted by Crippen LogP contribution is 2.20. The molecule has 0 atom stereocenters. The maximum Gasteiger partial charge on any atom is 0.389 e. The van der Waals surface area contributed by atoms with Crippen LogP contribution in [0.15, 0.2) is 0 Å². The van der Waals surface area contributed by atoms with Crippen LogP contribution in [0, 0.1) is 0 Å². The molecule has 74 valence electrons. The van der Waals surface area contributed by atoms with Crippen LogP contribution in [-0.4, -0.2) is 31.3 Å². The van der Waals surface area contributed by atoms with Crippen molar-refractivity contribution in [2.75, 3.05) is 25.1 Å². The molecule has 0 aliphatic heterocycles. The highest BCUT2D eigenvalue weighted by molar-refractivity contribution is 7.98. The summed E-state index contributed by atoms with van der Waals surface area (Å²) in [4.78, 5) is 0. The minimum atomic E-state index is -4.00. The third-order valence-corrected chi connectivity index (χ3v) is 1.91. The van der Waals surface area contributed by atoms with Crippen LogP contribution in [0.2, 0.25) is 0 Å². The number of rotatable bonds is 6. The van der Waals surface area contributed by atoms with Gasteiger partial charge in [-0.1, -0.05) is 0 Å². The van der Waals surface area contributed by atoms with Crippen LogP contribution in [0.5, 0.6) is 0 Å². The van der Waals surface area contributed by atoms with E-state index in [0.29, 0.717) is 6.54 Å². The zero-order valence-electron chi connectivity index (χ0n) is 7.08. The van der Waals surface area contributed by atoms with Gasteiger partial charge in [0, 0.05) is 18.7 Å². The predicted octanol–water partition coefficient (Wildman–Crippen LogP) is 2.28. The van der Waals surface area contributed by atoms with E-state index in [4.69, 9.17) is 0 Å². The molecule has 0 aromatic rings. The first-order valence-corrected chi connectivity index (χ1v) is 5.22. The van der Waals surface area contributed by atoms with Crippen molar-refractivity contribution in [1.82, 2.24) is 5.32 Å². The average Bonchev–Trinajstić information content (AvgIpc) is 1.94. The van der Waals surface area contributed by atoms with Crippen molar-refractivity contribution < 1.29 is 13.2 Å². The molecule has 5 heteroatoms. The van der Waals surface area contributed by atoms with E-state index in [0.717, 1.165) is 12.3 Å². The summed E-state index contributed by atoms with van der Waals surface area (Å²) in [5, 5.41) is 2.94. The molecule has 1 N–H and O–H groups in total. The molecule has 12 heavy (non-hydrogen) atoms. The number of hydrogen-bond acceptors (Lipinski definition) is 2. The summed E-state index contributed by atoms with van der Waals surface area (Å²) in [7, 11) is 0. The Morgan fingerprint density at radius 1 is 1.25 bits per heavy atom. The molecule has 0 fully saturated rings. The second kappa shape index (κ2) is 6.60. The van der Waals surface area contributed by atoms with Gasteiger partial charge >= 0.3 is 6.18 Å². The number of thioether (sulfide) groups is 1. The Morgan fingerprint density at radius 2 is 1.92 bits per heavy atom. The number of alkyl halides is 3. The molecule has 0 rings (SSSR count). The molecule has 0 radical (unpaired) electrons. The fourth-order valence-electron chi connectivity index (χ4n) is 0.713. The second-order valence-electron chi connectivity index (χ2n) is 2.46. The Labute approximate surface area is 75.1 Å². The van der Waals surface area contributed by atoms with Crippen LogP contribution in [0.25, 0.3) is 0 Å². The van der Waals surface area contributed by atoms with E-state index in [1.54, 1.807) is 11.8 Å². The molecule has 0 heterocycles. The van der Waals surface area contributed by atoms with E-state index >= 15 is 0 Å². The third-order valence-electron chi connectivity index (χ3n) is 1.30. The van der Waals surface area contributed by atoms with Crippen molar-refractivity contribution in [3.8, 4) is 0 Å². The molecular weight excluding hydrogens is 187 g/mol. The molecule has 0 aromatic carbocycles. The van der Waals surface area contributed by atoms with Gasteiger partial charge in [-0.2, -0.15) is 24.9 Å². The molecule has 1 nitrogen and oxygen atoms in total. The normalized spacial score (nSPS) is 12.0. The highest BCUT2D eigenvalue weighted by Gasteiger charge is 2.25. The van der Waals surface area contributed by atoms with Crippen LogP contribution in [0.4, 0.5) is 13.2 Å². The first-order chi connectivity index (χ1) is 5.56. The fraction of sp³-hybridized carbons (Fsp3) is 1.00. The summed E-state index contributed by atoms with van der Waals surface area (Å²) in [6.45, 7) is 1.25. The van der Waals surface area contributed by atoms with Crippen molar-refractivity contribution in [3.63, 3.8) is 0 Å². The second-order valence-corrected chi connectivity index (χ2v) is 3.45. The van der Waals surface area contributed by atoms with Gasteiger partial charge in [-0.3, -0.25) is 0 Å². The summed E-state index contributed by atoms with van der Waals surface area (Å²) in [6.07, 6.45) is -2.53. The van der Waals surface area contributed by atoms with Gasteiger partial charge in [-0.15, -0.1) is 0 Å². The zero-order valence-corrected chi connectivity index (χ0v) is 7.89. The van der Waals surface area contributed by atoms with Gasteiger partial charge in [0.1, 0.15) is 0 Å². The van der Waals surface area contributed by atoms with Gasteiger partial charge in [0.05, 0.1) is 0 Å². The topological polar surface area (TPSA) is 12.0 Å². The zero-order chi connectivity index (χ0) is 9.45. The van der Waals surface area contributed by atoms with Crippen molar-refractivity contribution in [3.05, 3.63) is 0 Å². The van der Waals surface area contributed by atoms with Crippen molar-refractivity contribution >= 4 is 11.8 Å². The lowest BCUT2D eigenvalue weighted by molar-refractivity contribution is -0.135. The van der Waals surface area contributed by atoms with Crippen LogP contribution in [-0.2, 0) is 0 Å². The fourth-order valence-corrected chi connectivity index (χ4v) is 1.06. The van der Waals surface area contributed by atoms with Crippen molar-refractivity contribution in [2.45, 2.75) is 19.0 Å². The van der Waals surface area contributed by atoms with Gasteiger partial charge in [0.2, 0.25) is 0 Å². The lowest BCUT2D eigenvalue weighted by atomic mass is 10.3. The van der Waals surface area contributed by atoms with Crippen LogP contribution < -0.4 is 5.32 Å². The molecule has 0 unspecified atom stereocenters. The van der Waals surface area contributed by atoms with Gasteiger partial charge in [0.15, 0.2) is 0 Å². The van der Waals surface area contributed by atoms with E-state index in [1.807, 2.05) is 6.26 Å². The first kappa shape index (κ1) is 12.1. The van der Waals surface area contributed by atoms with Crippen LogP contribution in [0.3, 0.4) is 0 Å². The van der Waals surface area contributed by atoms with E-state index in [2.05, 4.69) is 5.32 Å². The third kappa shape index (κ3) is 10.1. The Hall–Kier alpha value is 0.100. The van der Waals surface area contributed by atoms with Crippen molar-refractivity contribution in [1.29, 1.82) is 0 Å². The van der Waals surface area contributed by atoms with Crippen molar-refractivity contribution in [2.24, 2.45) is 0 Å². The molecule has 0 amide bonds. The predicted molar refractivity (Wildman–Crippen MR) is 46.5 cm³/mol. The summed E-state index contributed by atoms with van der Waals surface area (Å²) in [5.74, 6) is 0.950. The van der Waals surface area contributed by atoms with Crippen LogP contribution >= 0.6 is 11.8 Å². The summed E-state index contributed by atoms with van der Waals surface area (Å²) < 4.78 is 34.8. The highest BCUT2D eigenvalue weighted by atomic mass is 32.2. The minimum Gasteiger partial charge on any atom is -0.316 e. The Bertz CT molecular complexity index is 105. The van der Waals surface area contributed by atoms with Crippen LogP contribution in [0.1, 0.15) is 12.8 Å². The number of nitrogens with one attached hydrogen (secondary N) is 1. The summed E-state index contributed by atoms with van der Waals surface area (Å²) in [5.41, 5.74) is 0. The molecule has 0 saturated heterocycles. The number of halogens is 3. The van der Waals surface area contributed by atoms with E-state index in [9.17, 15) is 13.2 Å². The lowest BCUT2D eigenvalue weighted by Crippen LogP contribution is -2.20. The van der Waals surface area contributed by atoms with E-state index < -0.39 is 12.6 Å². The minimum absolute atomic E-state index is 0.178. The molecular formula is C7H14F3NS. The molecule has 0 spiro atoms. The largest absolute Gasteiger partial charge is 0.389 e. The molecule has 0 saturated carbocycles. The Kier molecular flexibility index (Phi) is 6.65. The van der Waals surface area contributed by atoms with Gasteiger partial charge < -0.3 is 5.32 Å². The van der Waals surface area contributed by atoms with E-state index in [1.165, 1.54) is 0 Å². The molecule has 0 aromatic heterocycles. The molecule has 0 aliphatic rings. The maximum absolute atomic E-state index is 11.6. The van der Waals surface area contributed by atoms with Gasteiger partial charge in [-0.05, 0) is 19.2 Å². The molecule has 0 aliphatic carbocycles. The maximum atomic E-state index is 11.6. The first-order valence-electron chi connectivity index (χ1n) is 3.82. The Morgan fingerprint density at radius 3 is 2.42 bits per heavy atom. The smallest absolute Gasteiger partial charge is 0.316 e. The van der Waals surface area contributed by atoms with Gasteiger partial charge in [0.25, 0.3) is 0 Å². The SMILES string of the molecule is CSCCNCCCC(F)(F)F. The monoisotopic (exact) mass is 201 g/mol. The quantitative estimate of drug-likeness (QED) is 0.662. The summed E-state index contributed by atoms with van der Waals surface area (Å²) in [6, 6.07) is 0. The van der Waals surface area contributed by atoms with E-state index in [-0.39, 0.29) is 6.42 Å². The Balaban J connectivity index is 3.01. The lowest BCUT2D eigenvalue weighted by Gasteiger charge is -2.06. The summed E-state index contributed by atoms with van der Waals surface area (Å²) >= 11 is 1.68. The average molecular weight is 201 g/mol. The molecule has 0 bridgehead atoms. The standard InChI is InChI=1S/C7H14F3NS/c1-12-6-5-11-4-2-3-7(8,9)10/h11H,2-6H2,1H3. The number of hydrogen-bond donors (Lipinski definition) is 1.